The Morgan fingerprint density at radius 3 is 2.60 bits per heavy atom. The van der Waals surface area contributed by atoms with Crippen LogP contribution in [0, 0.1) is 0 Å². The number of rotatable bonds is 5. The summed E-state index contributed by atoms with van der Waals surface area (Å²) in [6, 6.07) is 7.96. The van der Waals surface area contributed by atoms with Gasteiger partial charge in [-0.05, 0) is 31.9 Å². The van der Waals surface area contributed by atoms with Gasteiger partial charge in [-0.1, -0.05) is 37.9 Å². The van der Waals surface area contributed by atoms with E-state index in [1.807, 2.05) is 18.2 Å². The van der Waals surface area contributed by atoms with Crippen LogP contribution in [0.5, 0.6) is 0 Å². The SMILES string of the molecule is [B]c1cccc(NC(C)(CC)CCC)c1. The molecule has 0 aliphatic rings. The lowest BCUT2D eigenvalue weighted by molar-refractivity contribution is 0.451. The molecule has 0 spiro atoms. The number of benzene rings is 1. The van der Waals surface area contributed by atoms with E-state index in [1.54, 1.807) is 0 Å². The Bertz CT molecular complexity index is 311. The zero-order valence-corrected chi connectivity index (χ0v) is 10.0. The normalized spacial score (nSPS) is 14.6. The van der Waals surface area contributed by atoms with E-state index in [0.717, 1.165) is 17.6 Å². The van der Waals surface area contributed by atoms with Crippen molar-refractivity contribution < 1.29 is 0 Å². The second kappa shape index (κ2) is 5.25. The predicted molar refractivity (Wildman–Crippen MR) is 69.1 cm³/mol. The standard InChI is InChI=1S/C13H20BN/c1-4-9-13(3,5-2)15-12-8-6-7-11(14)10-12/h6-8,10,15H,4-5,9H2,1-3H3. The van der Waals surface area contributed by atoms with E-state index in [-0.39, 0.29) is 5.54 Å². The molecule has 1 rings (SSSR count). The Morgan fingerprint density at radius 2 is 2.07 bits per heavy atom. The van der Waals surface area contributed by atoms with Crippen LogP contribution in [0.25, 0.3) is 0 Å². The van der Waals surface area contributed by atoms with Gasteiger partial charge in [-0.2, -0.15) is 0 Å². The Labute approximate surface area is 94.7 Å². The van der Waals surface area contributed by atoms with Gasteiger partial charge in [-0.25, -0.2) is 0 Å². The average Bonchev–Trinajstić information content (AvgIpc) is 2.18. The second-order valence-corrected chi connectivity index (χ2v) is 4.41. The maximum Gasteiger partial charge on any atom is 0.113 e. The minimum absolute atomic E-state index is 0.183. The zero-order valence-electron chi connectivity index (χ0n) is 10.0. The van der Waals surface area contributed by atoms with Crippen LogP contribution in [-0.2, 0) is 0 Å². The molecule has 1 aromatic rings. The molecule has 80 valence electrons. The van der Waals surface area contributed by atoms with Crippen LogP contribution in [0.3, 0.4) is 0 Å². The van der Waals surface area contributed by atoms with Crippen molar-refractivity contribution in [1.29, 1.82) is 0 Å². The molecule has 0 aromatic heterocycles. The van der Waals surface area contributed by atoms with Gasteiger partial charge in [0.15, 0.2) is 0 Å². The predicted octanol–water partition coefficient (Wildman–Crippen LogP) is 2.86. The Hall–Kier alpha value is -0.915. The van der Waals surface area contributed by atoms with E-state index in [0.29, 0.717) is 0 Å². The summed E-state index contributed by atoms with van der Waals surface area (Å²) in [5.74, 6) is 0. The third-order valence-corrected chi connectivity index (χ3v) is 2.91. The quantitative estimate of drug-likeness (QED) is 0.722. The summed E-state index contributed by atoms with van der Waals surface area (Å²) < 4.78 is 0. The van der Waals surface area contributed by atoms with Crippen molar-refractivity contribution in [3.05, 3.63) is 24.3 Å². The summed E-state index contributed by atoms with van der Waals surface area (Å²) in [6.45, 7) is 6.70. The van der Waals surface area contributed by atoms with E-state index in [4.69, 9.17) is 7.85 Å². The molecule has 1 N–H and O–H groups in total. The van der Waals surface area contributed by atoms with E-state index in [2.05, 4.69) is 32.2 Å². The highest BCUT2D eigenvalue weighted by Crippen LogP contribution is 2.22. The van der Waals surface area contributed by atoms with Gasteiger partial charge in [0.2, 0.25) is 0 Å². The van der Waals surface area contributed by atoms with Crippen molar-refractivity contribution in [1.82, 2.24) is 0 Å². The molecule has 1 nitrogen and oxygen atoms in total. The number of nitrogens with one attached hydrogen (secondary N) is 1. The number of hydrogen-bond acceptors (Lipinski definition) is 1. The molecule has 15 heavy (non-hydrogen) atoms. The van der Waals surface area contributed by atoms with Crippen LogP contribution in [-0.4, -0.2) is 13.4 Å². The Morgan fingerprint density at radius 1 is 1.33 bits per heavy atom. The maximum atomic E-state index is 5.75. The third-order valence-electron chi connectivity index (χ3n) is 2.91. The van der Waals surface area contributed by atoms with Crippen LogP contribution >= 0.6 is 0 Å². The lowest BCUT2D eigenvalue weighted by Gasteiger charge is -2.30. The first-order valence-corrected chi connectivity index (χ1v) is 5.73. The number of anilines is 1. The first-order chi connectivity index (χ1) is 7.09. The largest absolute Gasteiger partial charge is 0.380 e. The molecule has 1 atom stereocenters. The molecule has 0 heterocycles. The van der Waals surface area contributed by atoms with Crippen LogP contribution < -0.4 is 10.8 Å². The first-order valence-electron chi connectivity index (χ1n) is 5.73. The van der Waals surface area contributed by atoms with Gasteiger partial charge < -0.3 is 5.32 Å². The molecule has 2 heteroatoms. The second-order valence-electron chi connectivity index (χ2n) is 4.41. The Balaban J connectivity index is 2.74. The summed E-state index contributed by atoms with van der Waals surface area (Å²) in [5, 5.41) is 3.57. The molecule has 1 aromatic carbocycles. The van der Waals surface area contributed by atoms with Crippen LogP contribution in [0.15, 0.2) is 24.3 Å². The minimum Gasteiger partial charge on any atom is -0.380 e. The topological polar surface area (TPSA) is 12.0 Å². The van der Waals surface area contributed by atoms with Gasteiger partial charge in [0.1, 0.15) is 7.85 Å². The lowest BCUT2D eigenvalue weighted by Crippen LogP contribution is -2.33. The molecule has 0 saturated carbocycles. The highest BCUT2D eigenvalue weighted by Gasteiger charge is 2.19. The minimum atomic E-state index is 0.183. The van der Waals surface area contributed by atoms with Gasteiger partial charge in [0.05, 0.1) is 0 Å². The molecule has 0 saturated heterocycles. The smallest absolute Gasteiger partial charge is 0.113 e. The number of hydrogen-bond donors (Lipinski definition) is 1. The molecule has 0 aliphatic carbocycles. The summed E-state index contributed by atoms with van der Waals surface area (Å²) in [5.41, 5.74) is 2.12. The van der Waals surface area contributed by atoms with Crippen molar-refractivity contribution >= 4 is 19.0 Å². The van der Waals surface area contributed by atoms with Crippen molar-refractivity contribution in [2.45, 2.75) is 45.6 Å². The molecule has 1 unspecified atom stereocenters. The van der Waals surface area contributed by atoms with E-state index < -0.39 is 0 Å². The van der Waals surface area contributed by atoms with Crippen LogP contribution in [0.4, 0.5) is 5.69 Å². The molecule has 0 bridgehead atoms. The third kappa shape index (κ3) is 3.62. The fourth-order valence-electron chi connectivity index (χ4n) is 1.84. The van der Waals surface area contributed by atoms with Crippen molar-refractivity contribution in [2.75, 3.05) is 5.32 Å². The van der Waals surface area contributed by atoms with E-state index >= 15 is 0 Å². The molecule has 0 amide bonds. The van der Waals surface area contributed by atoms with Crippen LogP contribution in [0.2, 0.25) is 0 Å². The fraction of sp³-hybridized carbons (Fsp3) is 0.538. The molecule has 2 radical (unpaired) electrons. The summed E-state index contributed by atoms with van der Waals surface area (Å²) in [4.78, 5) is 0. The van der Waals surface area contributed by atoms with Gasteiger partial charge >= 0.3 is 0 Å². The summed E-state index contributed by atoms with van der Waals surface area (Å²) in [7, 11) is 5.75. The van der Waals surface area contributed by atoms with Crippen molar-refractivity contribution in [3.8, 4) is 0 Å². The van der Waals surface area contributed by atoms with Crippen molar-refractivity contribution in [2.24, 2.45) is 0 Å². The monoisotopic (exact) mass is 201 g/mol. The van der Waals surface area contributed by atoms with Gasteiger partial charge in [-0.15, -0.1) is 0 Å². The molecular weight excluding hydrogens is 181 g/mol. The molecule has 0 fully saturated rings. The first kappa shape index (κ1) is 12.2. The van der Waals surface area contributed by atoms with E-state index in [9.17, 15) is 0 Å². The highest BCUT2D eigenvalue weighted by molar-refractivity contribution is 6.32. The molecular formula is C13H20BN. The fourth-order valence-corrected chi connectivity index (χ4v) is 1.84. The zero-order chi connectivity index (χ0) is 11.3. The highest BCUT2D eigenvalue weighted by atomic mass is 15.0. The van der Waals surface area contributed by atoms with E-state index in [1.165, 1.54) is 12.8 Å². The van der Waals surface area contributed by atoms with Crippen LogP contribution in [0.1, 0.15) is 40.0 Å². The average molecular weight is 201 g/mol. The molecule has 0 aliphatic heterocycles. The van der Waals surface area contributed by atoms with Crippen molar-refractivity contribution in [3.63, 3.8) is 0 Å². The van der Waals surface area contributed by atoms with Gasteiger partial charge in [-0.3, -0.25) is 0 Å². The van der Waals surface area contributed by atoms with Gasteiger partial charge in [0.25, 0.3) is 0 Å². The maximum absolute atomic E-state index is 5.75. The Kier molecular flexibility index (Phi) is 4.25. The lowest BCUT2D eigenvalue weighted by atomic mass is 9.91. The van der Waals surface area contributed by atoms with Gasteiger partial charge in [0, 0.05) is 11.2 Å². The summed E-state index contributed by atoms with van der Waals surface area (Å²) >= 11 is 0. The summed E-state index contributed by atoms with van der Waals surface area (Å²) in [6.07, 6.45) is 3.49.